The smallest absolute Gasteiger partial charge is 0.232 e. The largest absolute Gasteiger partial charge is 0.326 e. The van der Waals surface area contributed by atoms with Crippen LogP contribution in [0.5, 0.6) is 0 Å². The van der Waals surface area contributed by atoms with Crippen molar-refractivity contribution < 1.29 is 13.2 Å². The fourth-order valence-electron chi connectivity index (χ4n) is 2.86. The van der Waals surface area contributed by atoms with E-state index in [1.807, 2.05) is 57.2 Å². The molecule has 1 N–H and O–H groups in total. The van der Waals surface area contributed by atoms with E-state index in [1.165, 1.54) is 10.6 Å². The molecule has 2 rings (SSSR count). The number of benzene rings is 2. The van der Waals surface area contributed by atoms with Gasteiger partial charge in [0.05, 0.1) is 11.9 Å². The molecule has 26 heavy (non-hydrogen) atoms. The van der Waals surface area contributed by atoms with Crippen molar-refractivity contribution in [3.05, 3.63) is 59.2 Å². The summed E-state index contributed by atoms with van der Waals surface area (Å²) in [6.07, 6.45) is 1.89. The maximum Gasteiger partial charge on any atom is 0.232 e. The van der Waals surface area contributed by atoms with Crippen LogP contribution in [0.1, 0.15) is 29.5 Å². The second-order valence-electron chi connectivity index (χ2n) is 6.59. The number of carbonyl (C=O) groups is 1. The maximum absolute atomic E-state index is 12.2. The standard InChI is InChI=1S/C20H26N2O3S/c1-15-11-12-18(17(3)14-15)21-20(23)10-7-13-22(26(4,24)25)19-9-6-5-8-16(19)2/h5-6,8-9,11-12,14H,7,10,13H2,1-4H3,(H,21,23). The predicted molar refractivity (Wildman–Crippen MR) is 107 cm³/mol. The summed E-state index contributed by atoms with van der Waals surface area (Å²) >= 11 is 0. The first-order valence-electron chi connectivity index (χ1n) is 8.59. The van der Waals surface area contributed by atoms with Gasteiger partial charge in [0.2, 0.25) is 15.9 Å². The molecule has 0 unspecified atom stereocenters. The second-order valence-corrected chi connectivity index (χ2v) is 8.50. The summed E-state index contributed by atoms with van der Waals surface area (Å²) in [5.41, 5.74) is 4.49. The number of aryl methyl sites for hydroxylation is 3. The molecule has 0 aliphatic heterocycles. The monoisotopic (exact) mass is 374 g/mol. The maximum atomic E-state index is 12.2. The molecular weight excluding hydrogens is 348 g/mol. The van der Waals surface area contributed by atoms with Crippen molar-refractivity contribution in [1.29, 1.82) is 0 Å². The quantitative estimate of drug-likeness (QED) is 0.802. The lowest BCUT2D eigenvalue weighted by Gasteiger charge is -2.24. The van der Waals surface area contributed by atoms with Crippen LogP contribution >= 0.6 is 0 Å². The molecule has 0 aromatic heterocycles. The Morgan fingerprint density at radius 2 is 1.73 bits per heavy atom. The molecule has 0 heterocycles. The van der Waals surface area contributed by atoms with Crippen LogP contribution in [-0.4, -0.2) is 27.1 Å². The Morgan fingerprint density at radius 3 is 2.35 bits per heavy atom. The van der Waals surface area contributed by atoms with Crippen molar-refractivity contribution in [2.45, 2.75) is 33.6 Å². The van der Waals surface area contributed by atoms with Crippen LogP contribution in [0, 0.1) is 20.8 Å². The van der Waals surface area contributed by atoms with E-state index >= 15 is 0 Å². The normalized spacial score (nSPS) is 11.2. The van der Waals surface area contributed by atoms with Gasteiger partial charge in [0.1, 0.15) is 0 Å². The van der Waals surface area contributed by atoms with Gasteiger partial charge in [-0.2, -0.15) is 0 Å². The van der Waals surface area contributed by atoms with Gasteiger partial charge in [-0.1, -0.05) is 35.9 Å². The summed E-state index contributed by atoms with van der Waals surface area (Å²) in [5, 5.41) is 2.89. The van der Waals surface area contributed by atoms with Gasteiger partial charge in [0.25, 0.3) is 0 Å². The second kappa shape index (κ2) is 8.36. The fourth-order valence-corrected chi connectivity index (χ4v) is 3.88. The Kier molecular flexibility index (Phi) is 6.42. The van der Waals surface area contributed by atoms with E-state index in [2.05, 4.69) is 5.32 Å². The predicted octanol–water partition coefficient (Wildman–Crippen LogP) is 3.80. The molecule has 140 valence electrons. The summed E-state index contributed by atoms with van der Waals surface area (Å²) in [5.74, 6) is -0.116. The lowest BCUT2D eigenvalue weighted by Crippen LogP contribution is -2.32. The van der Waals surface area contributed by atoms with E-state index in [4.69, 9.17) is 0 Å². The van der Waals surface area contributed by atoms with Crippen molar-refractivity contribution in [3.8, 4) is 0 Å². The van der Waals surface area contributed by atoms with E-state index < -0.39 is 10.0 Å². The number of para-hydroxylation sites is 1. The van der Waals surface area contributed by atoms with Crippen LogP contribution in [0.2, 0.25) is 0 Å². The zero-order valence-electron chi connectivity index (χ0n) is 15.7. The van der Waals surface area contributed by atoms with Crippen molar-refractivity contribution in [3.63, 3.8) is 0 Å². The number of carbonyl (C=O) groups excluding carboxylic acids is 1. The molecule has 2 aromatic carbocycles. The third-order valence-electron chi connectivity index (χ3n) is 4.21. The van der Waals surface area contributed by atoms with E-state index in [0.29, 0.717) is 12.1 Å². The molecule has 5 nitrogen and oxygen atoms in total. The molecule has 0 spiro atoms. The van der Waals surface area contributed by atoms with E-state index in [1.54, 1.807) is 6.07 Å². The fraction of sp³-hybridized carbons (Fsp3) is 0.350. The molecule has 0 atom stereocenters. The van der Waals surface area contributed by atoms with Crippen LogP contribution in [-0.2, 0) is 14.8 Å². The van der Waals surface area contributed by atoms with Gasteiger partial charge in [0, 0.05) is 18.7 Å². The summed E-state index contributed by atoms with van der Waals surface area (Å²) < 4.78 is 25.7. The molecule has 0 aliphatic carbocycles. The van der Waals surface area contributed by atoms with Crippen LogP contribution in [0.15, 0.2) is 42.5 Å². The minimum atomic E-state index is -3.41. The lowest BCUT2D eigenvalue weighted by molar-refractivity contribution is -0.116. The molecule has 0 fully saturated rings. The Morgan fingerprint density at radius 1 is 1.04 bits per heavy atom. The molecule has 0 saturated carbocycles. The Labute approximate surface area is 156 Å². The number of hydrogen-bond acceptors (Lipinski definition) is 3. The van der Waals surface area contributed by atoms with Crippen LogP contribution in [0.3, 0.4) is 0 Å². The van der Waals surface area contributed by atoms with Crippen molar-refractivity contribution in [1.82, 2.24) is 0 Å². The van der Waals surface area contributed by atoms with Gasteiger partial charge in [-0.3, -0.25) is 9.10 Å². The third kappa shape index (κ3) is 5.33. The first-order chi connectivity index (χ1) is 12.2. The number of anilines is 2. The highest BCUT2D eigenvalue weighted by molar-refractivity contribution is 7.92. The van der Waals surface area contributed by atoms with Gasteiger partial charge in [-0.05, 0) is 50.5 Å². The van der Waals surface area contributed by atoms with Gasteiger partial charge in [-0.25, -0.2) is 8.42 Å². The number of sulfonamides is 1. The highest BCUT2D eigenvalue weighted by atomic mass is 32.2. The summed E-state index contributed by atoms with van der Waals surface area (Å²) in [6.45, 7) is 6.10. The highest BCUT2D eigenvalue weighted by Gasteiger charge is 2.19. The molecule has 0 aliphatic rings. The topological polar surface area (TPSA) is 66.5 Å². The van der Waals surface area contributed by atoms with Crippen molar-refractivity contribution >= 4 is 27.3 Å². The zero-order valence-corrected chi connectivity index (χ0v) is 16.6. The van der Waals surface area contributed by atoms with Crippen molar-refractivity contribution in [2.75, 3.05) is 22.4 Å². The summed E-state index contributed by atoms with van der Waals surface area (Å²) in [7, 11) is -3.41. The molecule has 0 saturated heterocycles. The number of hydrogen-bond donors (Lipinski definition) is 1. The SMILES string of the molecule is Cc1ccc(NC(=O)CCCN(c2ccccc2C)S(C)(=O)=O)c(C)c1. The summed E-state index contributed by atoms with van der Waals surface area (Å²) in [4.78, 5) is 12.2. The molecule has 6 heteroatoms. The third-order valence-corrected chi connectivity index (χ3v) is 5.39. The van der Waals surface area contributed by atoms with E-state index in [-0.39, 0.29) is 18.9 Å². The molecule has 1 amide bonds. The first kappa shape index (κ1) is 20.0. The summed E-state index contributed by atoms with van der Waals surface area (Å²) in [6, 6.07) is 13.2. The highest BCUT2D eigenvalue weighted by Crippen LogP contribution is 2.22. The Balaban J connectivity index is 1.99. The number of nitrogens with one attached hydrogen (secondary N) is 1. The minimum Gasteiger partial charge on any atom is -0.326 e. The van der Waals surface area contributed by atoms with Gasteiger partial charge in [0.15, 0.2) is 0 Å². The van der Waals surface area contributed by atoms with Crippen LogP contribution in [0.25, 0.3) is 0 Å². The Bertz CT molecular complexity index is 892. The molecular formula is C20H26N2O3S. The molecule has 2 aromatic rings. The van der Waals surface area contributed by atoms with E-state index in [9.17, 15) is 13.2 Å². The van der Waals surface area contributed by atoms with Crippen LogP contribution in [0.4, 0.5) is 11.4 Å². The van der Waals surface area contributed by atoms with Gasteiger partial charge < -0.3 is 5.32 Å². The van der Waals surface area contributed by atoms with E-state index in [0.717, 1.165) is 22.4 Å². The number of nitrogens with zero attached hydrogens (tertiary/aromatic N) is 1. The lowest BCUT2D eigenvalue weighted by atomic mass is 10.1. The average Bonchev–Trinajstić information content (AvgIpc) is 2.54. The van der Waals surface area contributed by atoms with Crippen LogP contribution < -0.4 is 9.62 Å². The Hall–Kier alpha value is -2.34. The first-order valence-corrected chi connectivity index (χ1v) is 10.4. The molecule has 0 radical (unpaired) electrons. The number of amides is 1. The molecule has 0 bridgehead atoms. The number of rotatable bonds is 7. The van der Waals surface area contributed by atoms with Gasteiger partial charge in [-0.15, -0.1) is 0 Å². The zero-order chi connectivity index (χ0) is 19.3. The van der Waals surface area contributed by atoms with Gasteiger partial charge >= 0.3 is 0 Å². The minimum absolute atomic E-state index is 0.116. The average molecular weight is 375 g/mol. The van der Waals surface area contributed by atoms with Crippen molar-refractivity contribution in [2.24, 2.45) is 0 Å².